The number of nitrogens with two attached hydrogens (primary N) is 1. The van der Waals surface area contributed by atoms with E-state index in [0.29, 0.717) is 6.54 Å². The number of hydrogen-bond donors (Lipinski definition) is 2. The van der Waals surface area contributed by atoms with Crippen LogP contribution >= 0.6 is 0 Å². The smallest absolute Gasteiger partial charge is 0.0961 e. The van der Waals surface area contributed by atoms with Crippen LogP contribution in [0.1, 0.15) is 17.1 Å². The van der Waals surface area contributed by atoms with E-state index in [0.717, 1.165) is 28.3 Å². The van der Waals surface area contributed by atoms with E-state index in [-0.39, 0.29) is 0 Å². The highest BCUT2D eigenvalue weighted by Crippen LogP contribution is 2.24. The van der Waals surface area contributed by atoms with E-state index < -0.39 is 0 Å². The fraction of sp³-hybridized carbons (Fsp3) is 0.400. The maximum Gasteiger partial charge on any atom is 0.0961 e. The molecule has 0 aromatic carbocycles. The SMILES string of the molecule is Cc1nn(C)c(C)c1-c1cc(CN)[nH]n1. The summed E-state index contributed by atoms with van der Waals surface area (Å²) in [4.78, 5) is 0. The first-order chi connectivity index (χ1) is 7.13. The normalized spacial score (nSPS) is 10.9. The van der Waals surface area contributed by atoms with Crippen LogP contribution in [0.3, 0.4) is 0 Å². The van der Waals surface area contributed by atoms with E-state index >= 15 is 0 Å². The van der Waals surface area contributed by atoms with Crippen molar-refractivity contribution in [2.75, 3.05) is 0 Å². The van der Waals surface area contributed by atoms with Crippen molar-refractivity contribution < 1.29 is 0 Å². The topological polar surface area (TPSA) is 72.5 Å². The molecule has 2 aromatic rings. The Labute approximate surface area is 88.3 Å². The summed E-state index contributed by atoms with van der Waals surface area (Å²) in [6.07, 6.45) is 0. The van der Waals surface area contributed by atoms with E-state index in [9.17, 15) is 0 Å². The molecule has 0 amide bonds. The van der Waals surface area contributed by atoms with Crippen molar-refractivity contribution in [1.29, 1.82) is 0 Å². The first kappa shape index (κ1) is 9.92. The molecule has 0 saturated heterocycles. The van der Waals surface area contributed by atoms with Gasteiger partial charge in [-0.15, -0.1) is 0 Å². The van der Waals surface area contributed by atoms with Crippen molar-refractivity contribution in [2.24, 2.45) is 12.8 Å². The van der Waals surface area contributed by atoms with Gasteiger partial charge in [0.25, 0.3) is 0 Å². The number of hydrogen-bond acceptors (Lipinski definition) is 3. The molecule has 0 radical (unpaired) electrons. The molecule has 0 aliphatic carbocycles. The highest BCUT2D eigenvalue weighted by atomic mass is 15.3. The van der Waals surface area contributed by atoms with Crippen LogP contribution in [0.15, 0.2) is 6.07 Å². The number of aromatic amines is 1. The van der Waals surface area contributed by atoms with Crippen LogP contribution in [-0.4, -0.2) is 20.0 Å². The van der Waals surface area contributed by atoms with Gasteiger partial charge in [-0.1, -0.05) is 0 Å². The van der Waals surface area contributed by atoms with Crippen LogP contribution in [0.4, 0.5) is 0 Å². The lowest BCUT2D eigenvalue weighted by atomic mass is 10.1. The Kier molecular flexibility index (Phi) is 2.32. The van der Waals surface area contributed by atoms with Gasteiger partial charge >= 0.3 is 0 Å². The van der Waals surface area contributed by atoms with E-state index in [4.69, 9.17) is 5.73 Å². The average Bonchev–Trinajstić information content (AvgIpc) is 2.74. The largest absolute Gasteiger partial charge is 0.325 e. The summed E-state index contributed by atoms with van der Waals surface area (Å²) in [5.74, 6) is 0. The standard InChI is InChI=1S/C10H15N5/c1-6-10(7(2)15(3)14-6)9-4-8(5-11)12-13-9/h4H,5,11H2,1-3H3,(H,12,13). The minimum Gasteiger partial charge on any atom is -0.325 e. The average molecular weight is 205 g/mol. The van der Waals surface area contributed by atoms with Crippen molar-refractivity contribution in [2.45, 2.75) is 20.4 Å². The second-order valence-electron chi connectivity index (χ2n) is 3.65. The predicted octanol–water partition coefficient (Wildman–Crippen LogP) is 0.886. The Balaban J connectivity index is 2.53. The molecule has 5 nitrogen and oxygen atoms in total. The van der Waals surface area contributed by atoms with Crippen LogP contribution < -0.4 is 5.73 Å². The summed E-state index contributed by atoms with van der Waals surface area (Å²) in [5.41, 5.74) is 10.6. The maximum atomic E-state index is 5.53. The number of rotatable bonds is 2. The quantitative estimate of drug-likeness (QED) is 0.764. The molecule has 2 heterocycles. The molecule has 0 atom stereocenters. The second-order valence-corrected chi connectivity index (χ2v) is 3.65. The molecule has 5 heteroatoms. The van der Waals surface area contributed by atoms with Crippen LogP contribution in [0.5, 0.6) is 0 Å². The summed E-state index contributed by atoms with van der Waals surface area (Å²) in [6, 6.07) is 1.97. The van der Waals surface area contributed by atoms with Crippen molar-refractivity contribution in [3.05, 3.63) is 23.1 Å². The Hall–Kier alpha value is -1.62. The number of nitrogens with zero attached hydrogens (tertiary/aromatic N) is 3. The minimum absolute atomic E-state index is 0.478. The van der Waals surface area contributed by atoms with Crippen molar-refractivity contribution in [3.8, 4) is 11.3 Å². The zero-order valence-electron chi connectivity index (χ0n) is 9.20. The summed E-state index contributed by atoms with van der Waals surface area (Å²) < 4.78 is 1.86. The summed E-state index contributed by atoms with van der Waals surface area (Å²) in [6.45, 7) is 4.50. The first-order valence-electron chi connectivity index (χ1n) is 4.88. The monoisotopic (exact) mass is 205 g/mol. The van der Waals surface area contributed by atoms with Crippen LogP contribution in [0, 0.1) is 13.8 Å². The highest BCUT2D eigenvalue weighted by Gasteiger charge is 2.13. The highest BCUT2D eigenvalue weighted by molar-refractivity contribution is 5.64. The van der Waals surface area contributed by atoms with Gasteiger partial charge in [-0.25, -0.2) is 0 Å². The van der Waals surface area contributed by atoms with Gasteiger partial charge in [0.1, 0.15) is 0 Å². The van der Waals surface area contributed by atoms with E-state index in [1.165, 1.54) is 0 Å². The molecule has 3 N–H and O–H groups in total. The van der Waals surface area contributed by atoms with Gasteiger partial charge in [0.15, 0.2) is 0 Å². The summed E-state index contributed by atoms with van der Waals surface area (Å²) in [5, 5.41) is 11.5. The van der Waals surface area contributed by atoms with Crippen molar-refractivity contribution in [1.82, 2.24) is 20.0 Å². The van der Waals surface area contributed by atoms with Crippen molar-refractivity contribution >= 4 is 0 Å². The molecule has 0 fully saturated rings. The Morgan fingerprint density at radius 1 is 1.47 bits per heavy atom. The number of H-pyrrole nitrogens is 1. The molecule has 80 valence electrons. The Morgan fingerprint density at radius 3 is 2.67 bits per heavy atom. The van der Waals surface area contributed by atoms with Crippen LogP contribution in [-0.2, 0) is 13.6 Å². The molecule has 0 unspecified atom stereocenters. The van der Waals surface area contributed by atoms with Crippen LogP contribution in [0.2, 0.25) is 0 Å². The molecular weight excluding hydrogens is 190 g/mol. The molecule has 2 rings (SSSR count). The second kappa shape index (κ2) is 3.51. The molecule has 0 aliphatic rings. The molecule has 0 bridgehead atoms. The Bertz CT molecular complexity index is 480. The number of nitrogens with one attached hydrogen (secondary N) is 1. The van der Waals surface area contributed by atoms with Gasteiger partial charge < -0.3 is 5.73 Å². The fourth-order valence-corrected chi connectivity index (χ4v) is 1.74. The third-order valence-corrected chi connectivity index (χ3v) is 2.62. The lowest BCUT2D eigenvalue weighted by Crippen LogP contribution is -1.95. The molecule has 15 heavy (non-hydrogen) atoms. The summed E-state index contributed by atoms with van der Waals surface area (Å²) >= 11 is 0. The molecule has 0 spiro atoms. The number of aryl methyl sites for hydroxylation is 2. The molecule has 0 saturated carbocycles. The van der Waals surface area contributed by atoms with Gasteiger partial charge in [0.2, 0.25) is 0 Å². The molecular formula is C10H15N5. The summed E-state index contributed by atoms with van der Waals surface area (Å²) in [7, 11) is 1.93. The van der Waals surface area contributed by atoms with Gasteiger partial charge in [0.05, 0.1) is 11.4 Å². The third-order valence-electron chi connectivity index (χ3n) is 2.62. The zero-order chi connectivity index (χ0) is 11.0. The first-order valence-corrected chi connectivity index (χ1v) is 4.88. The lowest BCUT2D eigenvalue weighted by molar-refractivity contribution is 0.731. The van der Waals surface area contributed by atoms with E-state index in [1.807, 2.05) is 31.6 Å². The Morgan fingerprint density at radius 2 is 2.20 bits per heavy atom. The number of aromatic nitrogens is 4. The van der Waals surface area contributed by atoms with Crippen molar-refractivity contribution in [3.63, 3.8) is 0 Å². The zero-order valence-corrected chi connectivity index (χ0v) is 9.20. The minimum atomic E-state index is 0.478. The predicted molar refractivity (Wildman–Crippen MR) is 58.2 cm³/mol. The maximum absolute atomic E-state index is 5.53. The van der Waals surface area contributed by atoms with Gasteiger partial charge in [-0.3, -0.25) is 9.78 Å². The van der Waals surface area contributed by atoms with E-state index in [1.54, 1.807) is 0 Å². The van der Waals surface area contributed by atoms with Gasteiger partial charge in [-0.2, -0.15) is 10.2 Å². The third kappa shape index (κ3) is 1.55. The van der Waals surface area contributed by atoms with Gasteiger partial charge in [-0.05, 0) is 19.9 Å². The molecule has 0 aliphatic heterocycles. The van der Waals surface area contributed by atoms with Crippen LogP contribution in [0.25, 0.3) is 11.3 Å². The fourth-order valence-electron chi connectivity index (χ4n) is 1.74. The lowest BCUT2D eigenvalue weighted by Gasteiger charge is -1.96. The van der Waals surface area contributed by atoms with Gasteiger partial charge in [0, 0.05) is 30.5 Å². The van der Waals surface area contributed by atoms with E-state index in [2.05, 4.69) is 15.3 Å². The molecule has 2 aromatic heterocycles.